The van der Waals surface area contributed by atoms with Crippen molar-refractivity contribution in [3.63, 3.8) is 0 Å². The average Bonchev–Trinajstić information content (AvgIpc) is 2.36. The molecule has 0 amide bonds. The van der Waals surface area contributed by atoms with Gasteiger partial charge in [-0.2, -0.15) is 0 Å². The maximum absolute atomic E-state index is 10.7. The number of hydrogen-bond donors (Lipinski definition) is 1. The van der Waals surface area contributed by atoms with Crippen LogP contribution in [-0.4, -0.2) is 4.98 Å². The number of rotatable bonds is 0. The van der Waals surface area contributed by atoms with E-state index < -0.39 is 5.76 Å². The van der Waals surface area contributed by atoms with Crippen molar-refractivity contribution in [2.45, 2.75) is 20.3 Å². The largest absolute Gasteiger partial charge is 0.417 e. The van der Waals surface area contributed by atoms with Gasteiger partial charge in [0.25, 0.3) is 0 Å². The highest BCUT2D eigenvalue weighted by molar-refractivity contribution is 5.60. The molecule has 1 aromatic heterocycles. The summed E-state index contributed by atoms with van der Waals surface area (Å²) < 4.78 is 4.84. The fourth-order valence-corrected chi connectivity index (χ4v) is 1.04. The minimum absolute atomic E-state index is 0.397. The smallest absolute Gasteiger partial charge is 0.408 e. The highest BCUT2D eigenvalue weighted by Gasteiger charge is 2.03. The number of hydrogen-bond acceptors (Lipinski definition) is 2. The van der Waals surface area contributed by atoms with E-state index in [1.165, 1.54) is 0 Å². The third kappa shape index (κ3) is 2.21. The molecule has 0 aliphatic heterocycles. The van der Waals surface area contributed by atoms with E-state index in [-0.39, 0.29) is 0 Å². The number of allylic oxidation sites excluding steroid dienone is 2. The van der Waals surface area contributed by atoms with Crippen molar-refractivity contribution in [1.29, 1.82) is 0 Å². The van der Waals surface area contributed by atoms with Crippen LogP contribution in [0.15, 0.2) is 21.4 Å². The molecule has 1 N–H and O–H groups in total. The molecule has 2 rings (SSSR count). The van der Waals surface area contributed by atoms with Gasteiger partial charge in [-0.1, -0.05) is 26.0 Å². The van der Waals surface area contributed by atoms with Crippen LogP contribution in [0.4, 0.5) is 0 Å². The standard InChI is InChI=1S/C8H7NO2.C2H6/c10-8-9-6-4-2-1-3-5-7(6)11-8;1-2/h2-5H,1H2,(H,9,10);1-2H3. The number of aromatic amines is 1. The molecule has 0 spiro atoms. The molecule has 0 bridgehead atoms. The molecule has 1 aliphatic carbocycles. The van der Waals surface area contributed by atoms with Gasteiger partial charge in [-0.15, -0.1) is 0 Å². The van der Waals surface area contributed by atoms with E-state index in [4.69, 9.17) is 4.42 Å². The van der Waals surface area contributed by atoms with Crippen molar-refractivity contribution in [3.8, 4) is 0 Å². The number of fused-ring (bicyclic) bond motifs is 1. The monoisotopic (exact) mass is 179 g/mol. The highest BCUT2D eigenvalue weighted by atomic mass is 16.4. The third-order valence-electron chi connectivity index (χ3n) is 1.53. The second-order valence-electron chi connectivity index (χ2n) is 2.33. The molecule has 0 radical (unpaired) electrons. The summed E-state index contributed by atoms with van der Waals surface area (Å²) in [5, 5.41) is 0. The highest BCUT2D eigenvalue weighted by Crippen LogP contribution is 2.12. The molecule has 3 nitrogen and oxygen atoms in total. The Labute approximate surface area is 76.8 Å². The first-order valence-corrected chi connectivity index (χ1v) is 4.42. The van der Waals surface area contributed by atoms with Crippen molar-refractivity contribution >= 4 is 12.2 Å². The number of H-pyrrole nitrogens is 1. The molecule has 0 fully saturated rings. The van der Waals surface area contributed by atoms with Crippen LogP contribution in [0.25, 0.3) is 12.2 Å². The predicted molar refractivity (Wildman–Crippen MR) is 53.4 cm³/mol. The van der Waals surface area contributed by atoms with E-state index in [1.807, 2.05) is 32.1 Å². The van der Waals surface area contributed by atoms with E-state index in [1.54, 1.807) is 6.08 Å². The van der Waals surface area contributed by atoms with Crippen molar-refractivity contribution in [1.82, 2.24) is 4.98 Å². The fraction of sp³-hybridized carbons (Fsp3) is 0.300. The van der Waals surface area contributed by atoms with E-state index in [0.717, 1.165) is 12.1 Å². The summed E-state index contributed by atoms with van der Waals surface area (Å²) >= 11 is 0. The Bertz CT molecular complexity index is 336. The SMILES string of the molecule is CC.O=c1[nH]c2c(o1)C=CCC=C2. The van der Waals surface area contributed by atoms with Crippen LogP contribution in [0.2, 0.25) is 0 Å². The van der Waals surface area contributed by atoms with Gasteiger partial charge < -0.3 is 4.42 Å². The van der Waals surface area contributed by atoms with Crippen molar-refractivity contribution < 1.29 is 4.42 Å². The van der Waals surface area contributed by atoms with Crippen LogP contribution < -0.4 is 5.76 Å². The van der Waals surface area contributed by atoms with Crippen molar-refractivity contribution in [2.24, 2.45) is 0 Å². The summed E-state index contributed by atoms with van der Waals surface area (Å²) in [6.45, 7) is 4.00. The zero-order valence-corrected chi connectivity index (χ0v) is 7.83. The molecule has 1 heterocycles. The Hall–Kier alpha value is -1.51. The maximum atomic E-state index is 10.7. The first kappa shape index (κ1) is 9.58. The summed E-state index contributed by atoms with van der Waals surface area (Å²) in [5.41, 5.74) is 0.753. The minimum Gasteiger partial charge on any atom is -0.408 e. The molecule has 1 aliphatic rings. The van der Waals surface area contributed by atoms with E-state index >= 15 is 0 Å². The molecule has 70 valence electrons. The van der Waals surface area contributed by atoms with Gasteiger partial charge in [0.2, 0.25) is 0 Å². The van der Waals surface area contributed by atoms with Crippen molar-refractivity contribution in [2.75, 3.05) is 0 Å². The molecule has 0 saturated carbocycles. The molecular weight excluding hydrogens is 166 g/mol. The topological polar surface area (TPSA) is 46.0 Å². The molecule has 0 atom stereocenters. The molecule has 13 heavy (non-hydrogen) atoms. The lowest BCUT2D eigenvalue weighted by Gasteiger charge is -1.82. The Balaban J connectivity index is 0.000000396. The lowest BCUT2D eigenvalue weighted by atomic mass is 10.3. The maximum Gasteiger partial charge on any atom is 0.417 e. The van der Waals surface area contributed by atoms with Gasteiger partial charge in [-0.3, -0.25) is 4.98 Å². The quantitative estimate of drug-likeness (QED) is 0.664. The Morgan fingerprint density at radius 1 is 1.31 bits per heavy atom. The summed E-state index contributed by atoms with van der Waals surface area (Å²) in [6.07, 6.45) is 8.44. The normalized spacial score (nSPS) is 12.8. The second kappa shape index (κ2) is 4.50. The van der Waals surface area contributed by atoms with Gasteiger partial charge in [0.15, 0.2) is 5.76 Å². The van der Waals surface area contributed by atoms with Gasteiger partial charge in [0.1, 0.15) is 0 Å². The first-order chi connectivity index (χ1) is 6.36. The zero-order valence-electron chi connectivity index (χ0n) is 7.83. The molecular formula is C10H13NO2. The van der Waals surface area contributed by atoms with E-state index in [9.17, 15) is 4.79 Å². The van der Waals surface area contributed by atoms with E-state index in [2.05, 4.69) is 4.98 Å². The summed E-state index contributed by atoms with van der Waals surface area (Å²) in [4.78, 5) is 13.3. The number of nitrogens with one attached hydrogen (secondary N) is 1. The lowest BCUT2D eigenvalue weighted by molar-refractivity contribution is 0.506. The second-order valence-corrected chi connectivity index (χ2v) is 2.33. The number of aromatic nitrogens is 1. The molecule has 0 unspecified atom stereocenters. The minimum atomic E-state index is -0.397. The van der Waals surface area contributed by atoms with Crippen LogP contribution >= 0.6 is 0 Å². The van der Waals surface area contributed by atoms with E-state index in [0.29, 0.717) is 5.76 Å². The third-order valence-corrected chi connectivity index (χ3v) is 1.53. The molecule has 0 saturated heterocycles. The van der Waals surface area contributed by atoms with Crippen LogP contribution in [-0.2, 0) is 0 Å². The average molecular weight is 179 g/mol. The van der Waals surface area contributed by atoms with Gasteiger partial charge in [-0.25, -0.2) is 4.79 Å². The molecule has 1 aromatic rings. The Morgan fingerprint density at radius 2 is 2.00 bits per heavy atom. The van der Waals surface area contributed by atoms with Crippen molar-refractivity contribution in [3.05, 3.63) is 34.2 Å². The van der Waals surface area contributed by atoms with Gasteiger partial charge in [0.05, 0.1) is 5.69 Å². The van der Waals surface area contributed by atoms with Gasteiger partial charge in [-0.05, 0) is 18.6 Å². The fourth-order valence-electron chi connectivity index (χ4n) is 1.04. The van der Waals surface area contributed by atoms with Crippen LogP contribution in [0, 0.1) is 0 Å². The van der Waals surface area contributed by atoms with Crippen LogP contribution in [0.3, 0.4) is 0 Å². The predicted octanol–water partition coefficient (Wildman–Crippen LogP) is 2.42. The molecule has 0 aromatic carbocycles. The van der Waals surface area contributed by atoms with Crippen LogP contribution in [0.1, 0.15) is 31.7 Å². The summed E-state index contributed by atoms with van der Waals surface area (Å²) in [5.74, 6) is 0.218. The van der Waals surface area contributed by atoms with Crippen LogP contribution in [0.5, 0.6) is 0 Å². The number of oxazole rings is 1. The summed E-state index contributed by atoms with van der Waals surface area (Å²) in [6, 6.07) is 0. The summed E-state index contributed by atoms with van der Waals surface area (Å²) in [7, 11) is 0. The van der Waals surface area contributed by atoms with Gasteiger partial charge >= 0.3 is 5.76 Å². The molecule has 3 heteroatoms. The Morgan fingerprint density at radius 3 is 2.77 bits per heavy atom. The first-order valence-electron chi connectivity index (χ1n) is 4.42. The zero-order chi connectivity index (χ0) is 9.68. The van der Waals surface area contributed by atoms with Gasteiger partial charge in [0, 0.05) is 0 Å². The lowest BCUT2D eigenvalue weighted by Crippen LogP contribution is -1.94. The Kier molecular flexibility index (Phi) is 3.31.